The molecule has 2 heteroatoms. The first-order valence-electron chi connectivity index (χ1n) is 9.32. The Bertz CT molecular complexity index is 599. The van der Waals surface area contributed by atoms with E-state index in [1.165, 1.54) is 36.0 Å². The van der Waals surface area contributed by atoms with E-state index in [1.807, 2.05) is 0 Å². The van der Waals surface area contributed by atoms with Crippen LogP contribution in [0.1, 0.15) is 50.7 Å². The molecule has 0 bridgehead atoms. The van der Waals surface area contributed by atoms with Gasteiger partial charge in [-0.2, -0.15) is 0 Å². The summed E-state index contributed by atoms with van der Waals surface area (Å²) >= 11 is 0. The number of hydrogen-bond acceptors (Lipinski definition) is 1. The predicted molar refractivity (Wildman–Crippen MR) is 111 cm³/mol. The smallest absolute Gasteiger partial charge is 0.00698 e. The average Bonchev–Trinajstić information content (AvgIpc) is 2.62. The van der Waals surface area contributed by atoms with Crippen LogP contribution in [-0.2, 0) is 0 Å². The third-order valence-corrected chi connectivity index (χ3v) is 5.28. The summed E-state index contributed by atoms with van der Waals surface area (Å²) in [5.74, 6) is 0. The van der Waals surface area contributed by atoms with Crippen LogP contribution in [0.25, 0.3) is 5.57 Å². The first-order chi connectivity index (χ1) is 11.8. The lowest BCUT2D eigenvalue weighted by atomic mass is 9.95. The van der Waals surface area contributed by atoms with Gasteiger partial charge in [0.15, 0.2) is 0 Å². The third-order valence-electron chi connectivity index (χ3n) is 5.28. The maximum atomic E-state index is 2.69. The topological polar surface area (TPSA) is 3.24 Å². The highest BCUT2D eigenvalue weighted by molar-refractivity contribution is 5.85. The van der Waals surface area contributed by atoms with Gasteiger partial charge in [-0.15, -0.1) is 12.4 Å². The standard InChI is InChI=1S/C23H29N.ClH/c1-19-11-9-12-20(2)24(19)18-10-17-23(21-13-5-3-6-14-21)22-15-7-4-8-16-22;/h3-8,13-17,19-20H,9-12,18H2,1-2H3;1H. The molecule has 1 aliphatic rings. The van der Waals surface area contributed by atoms with Crippen LogP contribution in [0, 0.1) is 0 Å². The summed E-state index contributed by atoms with van der Waals surface area (Å²) in [6, 6.07) is 23.0. The molecule has 0 amide bonds. The molecule has 0 N–H and O–H groups in total. The first kappa shape index (κ1) is 19.8. The lowest BCUT2D eigenvalue weighted by Crippen LogP contribution is -2.43. The third kappa shape index (κ3) is 5.20. The number of benzene rings is 2. The summed E-state index contributed by atoms with van der Waals surface area (Å²) in [6.45, 7) is 5.93. The van der Waals surface area contributed by atoms with Gasteiger partial charge in [0.25, 0.3) is 0 Å². The van der Waals surface area contributed by atoms with Gasteiger partial charge in [-0.3, -0.25) is 4.90 Å². The second kappa shape index (κ2) is 9.79. The van der Waals surface area contributed by atoms with Crippen LogP contribution in [0.3, 0.4) is 0 Å². The summed E-state index contributed by atoms with van der Waals surface area (Å²) in [5.41, 5.74) is 3.97. The summed E-state index contributed by atoms with van der Waals surface area (Å²) in [7, 11) is 0. The number of piperidine rings is 1. The van der Waals surface area contributed by atoms with Crippen LogP contribution < -0.4 is 0 Å². The van der Waals surface area contributed by atoms with Crippen molar-refractivity contribution in [2.45, 2.75) is 51.6 Å². The van der Waals surface area contributed by atoms with E-state index in [-0.39, 0.29) is 12.4 Å². The molecule has 1 aliphatic heterocycles. The van der Waals surface area contributed by atoms with Gasteiger partial charge < -0.3 is 0 Å². The fraction of sp³-hybridized carbons (Fsp3) is 0.391. The normalized spacial score (nSPS) is 20.6. The van der Waals surface area contributed by atoms with E-state index >= 15 is 0 Å². The van der Waals surface area contributed by atoms with Crippen molar-refractivity contribution in [2.24, 2.45) is 0 Å². The molecule has 1 fully saturated rings. The summed E-state index contributed by atoms with van der Waals surface area (Å²) in [4.78, 5) is 2.69. The van der Waals surface area contributed by atoms with E-state index in [0.717, 1.165) is 25.0 Å². The molecule has 2 aromatic rings. The van der Waals surface area contributed by atoms with Gasteiger partial charge in [-0.1, -0.05) is 73.2 Å². The maximum Gasteiger partial charge on any atom is 0.00698 e. The molecule has 1 heterocycles. The molecule has 3 rings (SSSR count). The molecule has 1 nitrogen and oxygen atoms in total. The van der Waals surface area contributed by atoms with Gasteiger partial charge in [0.05, 0.1) is 0 Å². The van der Waals surface area contributed by atoms with Gasteiger partial charge in [-0.25, -0.2) is 0 Å². The van der Waals surface area contributed by atoms with Crippen LogP contribution in [-0.4, -0.2) is 23.5 Å². The minimum atomic E-state index is 0. The van der Waals surface area contributed by atoms with Crippen LogP contribution in [0.15, 0.2) is 66.7 Å². The van der Waals surface area contributed by atoms with Gasteiger partial charge in [-0.05, 0) is 49.8 Å². The van der Waals surface area contributed by atoms with E-state index in [2.05, 4.69) is 85.5 Å². The molecule has 0 saturated carbocycles. The Morgan fingerprint density at radius 3 is 1.84 bits per heavy atom. The van der Waals surface area contributed by atoms with Crippen molar-refractivity contribution in [3.05, 3.63) is 77.9 Å². The molecule has 2 unspecified atom stereocenters. The Hall–Kier alpha value is -1.57. The summed E-state index contributed by atoms with van der Waals surface area (Å²) < 4.78 is 0. The molecule has 134 valence electrons. The summed E-state index contributed by atoms with van der Waals surface area (Å²) in [6.07, 6.45) is 7.61. The van der Waals surface area contributed by atoms with Crippen molar-refractivity contribution in [1.82, 2.24) is 4.90 Å². The number of rotatable bonds is 5. The van der Waals surface area contributed by atoms with Crippen molar-refractivity contribution in [1.29, 1.82) is 0 Å². The lowest BCUT2D eigenvalue weighted by molar-refractivity contribution is 0.106. The van der Waals surface area contributed by atoms with Crippen LogP contribution in [0.4, 0.5) is 0 Å². The molecular weight excluding hydrogens is 326 g/mol. The zero-order chi connectivity index (χ0) is 16.8. The minimum Gasteiger partial charge on any atom is -0.298 e. The van der Waals surface area contributed by atoms with Crippen molar-refractivity contribution in [3.8, 4) is 0 Å². The SMILES string of the molecule is CC1CCCC(C)N1CCC=C(c1ccccc1)c1ccccc1.Cl. The molecule has 0 radical (unpaired) electrons. The van der Waals surface area contributed by atoms with Gasteiger partial charge in [0.2, 0.25) is 0 Å². The number of halogens is 1. The fourth-order valence-electron chi connectivity index (χ4n) is 3.91. The van der Waals surface area contributed by atoms with E-state index in [0.29, 0.717) is 0 Å². The van der Waals surface area contributed by atoms with Crippen molar-refractivity contribution in [3.63, 3.8) is 0 Å². The van der Waals surface area contributed by atoms with Crippen LogP contribution >= 0.6 is 12.4 Å². The Kier molecular flexibility index (Phi) is 7.74. The highest BCUT2D eigenvalue weighted by atomic mass is 35.5. The van der Waals surface area contributed by atoms with E-state index in [9.17, 15) is 0 Å². The number of likely N-dealkylation sites (tertiary alicyclic amines) is 1. The Balaban J connectivity index is 0.00000225. The molecule has 0 spiro atoms. The summed E-state index contributed by atoms with van der Waals surface area (Å²) in [5, 5.41) is 0. The van der Waals surface area contributed by atoms with Gasteiger partial charge in [0, 0.05) is 18.6 Å². The monoisotopic (exact) mass is 355 g/mol. The van der Waals surface area contributed by atoms with E-state index < -0.39 is 0 Å². The Labute approximate surface area is 159 Å². The average molecular weight is 356 g/mol. The minimum absolute atomic E-state index is 0. The highest BCUT2D eigenvalue weighted by Crippen LogP contribution is 2.26. The van der Waals surface area contributed by atoms with Gasteiger partial charge in [0.1, 0.15) is 0 Å². The fourth-order valence-corrected chi connectivity index (χ4v) is 3.91. The Morgan fingerprint density at radius 1 is 0.880 bits per heavy atom. The second-order valence-corrected chi connectivity index (χ2v) is 7.01. The number of nitrogens with zero attached hydrogens (tertiary/aromatic N) is 1. The van der Waals surface area contributed by atoms with Crippen LogP contribution in [0.2, 0.25) is 0 Å². The Morgan fingerprint density at radius 2 is 1.36 bits per heavy atom. The molecule has 1 saturated heterocycles. The maximum absolute atomic E-state index is 2.69. The first-order valence-corrected chi connectivity index (χ1v) is 9.32. The number of hydrogen-bond donors (Lipinski definition) is 0. The quantitative estimate of drug-likeness (QED) is 0.617. The zero-order valence-corrected chi connectivity index (χ0v) is 16.2. The second-order valence-electron chi connectivity index (χ2n) is 7.01. The lowest BCUT2D eigenvalue weighted by Gasteiger charge is -2.38. The highest BCUT2D eigenvalue weighted by Gasteiger charge is 2.23. The molecule has 2 atom stereocenters. The van der Waals surface area contributed by atoms with E-state index in [1.54, 1.807) is 0 Å². The zero-order valence-electron chi connectivity index (χ0n) is 15.4. The molecule has 0 aliphatic carbocycles. The predicted octanol–water partition coefficient (Wildman–Crippen LogP) is 6.19. The van der Waals surface area contributed by atoms with Crippen molar-refractivity contribution >= 4 is 18.0 Å². The van der Waals surface area contributed by atoms with Crippen molar-refractivity contribution < 1.29 is 0 Å². The van der Waals surface area contributed by atoms with E-state index in [4.69, 9.17) is 0 Å². The largest absolute Gasteiger partial charge is 0.298 e. The molecular formula is C23H30ClN. The van der Waals surface area contributed by atoms with Gasteiger partial charge >= 0.3 is 0 Å². The van der Waals surface area contributed by atoms with Crippen LogP contribution in [0.5, 0.6) is 0 Å². The van der Waals surface area contributed by atoms with Crippen molar-refractivity contribution in [2.75, 3.05) is 6.54 Å². The molecule has 2 aromatic carbocycles. The molecule has 0 aromatic heterocycles. The molecule has 25 heavy (non-hydrogen) atoms.